The molecular weight excluding hydrogens is 419 g/mol. The van der Waals surface area contributed by atoms with Crippen LogP contribution in [0.2, 0.25) is 0 Å². The molecule has 1 saturated heterocycles. The zero-order chi connectivity index (χ0) is 21.8. The number of rotatable bonds is 6. The van der Waals surface area contributed by atoms with Gasteiger partial charge in [-0.05, 0) is 35.2 Å². The molecule has 160 valence electrons. The zero-order valence-corrected chi connectivity index (χ0v) is 17.4. The number of carboxylic acid groups (broad SMARTS) is 1. The van der Waals surface area contributed by atoms with E-state index in [-0.39, 0.29) is 17.3 Å². The predicted molar refractivity (Wildman–Crippen MR) is 117 cm³/mol. The number of hydrogen-bond donors (Lipinski definition) is 2. The molecule has 1 aromatic carbocycles. The van der Waals surface area contributed by atoms with Gasteiger partial charge >= 0.3 is 5.97 Å². The lowest BCUT2D eigenvalue weighted by Crippen LogP contribution is -2.46. The summed E-state index contributed by atoms with van der Waals surface area (Å²) in [7, 11) is 0. The fourth-order valence-corrected chi connectivity index (χ4v) is 4.17. The third-order valence-electron chi connectivity index (χ3n) is 5.07. The minimum atomic E-state index is -1.10. The van der Waals surface area contributed by atoms with Crippen LogP contribution in [0.5, 0.6) is 0 Å². The largest absolute Gasteiger partial charge is 0.478 e. The lowest BCUT2D eigenvalue weighted by Gasteiger charge is -2.36. The SMILES string of the molecule is O=C(Nc1cnc(N2CCN(Cc3cccc(F)c3)CC2)c(C(=O)O)c1)c1cccs1. The first-order valence-electron chi connectivity index (χ1n) is 9.79. The van der Waals surface area contributed by atoms with Crippen molar-refractivity contribution in [3.8, 4) is 0 Å². The van der Waals surface area contributed by atoms with Crippen LogP contribution >= 0.6 is 11.3 Å². The van der Waals surface area contributed by atoms with Crippen molar-refractivity contribution in [2.45, 2.75) is 6.54 Å². The molecule has 1 aliphatic rings. The number of nitrogens with zero attached hydrogens (tertiary/aromatic N) is 3. The number of benzene rings is 1. The van der Waals surface area contributed by atoms with Gasteiger partial charge < -0.3 is 15.3 Å². The van der Waals surface area contributed by atoms with Crippen LogP contribution in [-0.2, 0) is 6.54 Å². The Hall–Kier alpha value is -3.30. The molecule has 2 N–H and O–H groups in total. The van der Waals surface area contributed by atoms with Crippen molar-refractivity contribution in [1.82, 2.24) is 9.88 Å². The molecule has 0 atom stereocenters. The number of nitrogens with one attached hydrogen (secondary N) is 1. The maximum absolute atomic E-state index is 13.4. The first kappa shape index (κ1) is 21.0. The van der Waals surface area contributed by atoms with Gasteiger partial charge in [-0.1, -0.05) is 18.2 Å². The number of hydrogen-bond acceptors (Lipinski definition) is 6. The zero-order valence-electron chi connectivity index (χ0n) is 16.6. The molecule has 3 aromatic rings. The van der Waals surface area contributed by atoms with E-state index < -0.39 is 5.97 Å². The number of carbonyl (C=O) groups excluding carboxylic acids is 1. The highest BCUT2D eigenvalue weighted by Crippen LogP contribution is 2.24. The fraction of sp³-hybridized carbons (Fsp3) is 0.227. The van der Waals surface area contributed by atoms with Crippen molar-refractivity contribution in [2.24, 2.45) is 0 Å². The van der Waals surface area contributed by atoms with E-state index in [0.29, 0.717) is 49.1 Å². The molecule has 0 saturated carbocycles. The summed E-state index contributed by atoms with van der Waals surface area (Å²) in [5.41, 5.74) is 1.29. The van der Waals surface area contributed by atoms with Crippen LogP contribution in [-0.4, -0.2) is 53.0 Å². The molecule has 0 radical (unpaired) electrons. The molecule has 0 aliphatic carbocycles. The second-order valence-corrected chi connectivity index (χ2v) is 8.17. The van der Waals surface area contributed by atoms with Crippen LogP contribution in [0.15, 0.2) is 54.0 Å². The quantitative estimate of drug-likeness (QED) is 0.610. The summed E-state index contributed by atoms with van der Waals surface area (Å²) in [6.07, 6.45) is 1.48. The van der Waals surface area contributed by atoms with Crippen molar-refractivity contribution in [1.29, 1.82) is 0 Å². The Morgan fingerprint density at radius 2 is 1.94 bits per heavy atom. The third-order valence-corrected chi connectivity index (χ3v) is 5.94. The van der Waals surface area contributed by atoms with E-state index in [4.69, 9.17) is 0 Å². The highest BCUT2D eigenvalue weighted by atomic mass is 32.1. The Morgan fingerprint density at radius 1 is 1.13 bits per heavy atom. The Morgan fingerprint density at radius 3 is 2.61 bits per heavy atom. The molecular formula is C22H21FN4O3S. The summed E-state index contributed by atoms with van der Waals surface area (Å²) in [5, 5.41) is 14.2. The molecule has 4 rings (SSSR count). The maximum atomic E-state index is 13.4. The number of anilines is 2. The van der Waals surface area contributed by atoms with Gasteiger partial charge in [0.15, 0.2) is 0 Å². The predicted octanol–water partition coefficient (Wildman–Crippen LogP) is 3.55. The lowest BCUT2D eigenvalue weighted by molar-refractivity contribution is 0.0696. The monoisotopic (exact) mass is 440 g/mol. The molecule has 0 spiro atoms. The van der Waals surface area contributed by atoms with Gasteiger partial charge in [0.05, 0.1) is 16.8 Å². The number of carboxylic acids is 1. The lowest BCUT2D eigenvalue weighted by atomic mass is 10.1. The minimum absolute atomic E-state index is 0.0440. The molecule has 31 heavy (non-hydrogen) atoms. The highest BCUT2D eigenvalue weighted by molar-refractivity contribution is 7.12. The summed E-state index contributed by atoms with van der Waals surface area (Å²) < 4.78 is 13.4. The average Bonchev–Trinajstić information content (AvgIpc) is 3.29. The molecule has 0 unspecified atom stereocenters. The van der Waals surface area contributed by atoms with Gasteiger partial charge in [0.2, 0.25) is 0 Å². The van der Waals surface area contributed by atoms with Gasteiger partial charge in [-0.25, -0.2) is 14.2 Å². The molecule has 2 aromatic heterocycles. The molecule has 7 nitrogen and oxygen atoms in total. The Kier molecular flexibility index (Phi) is 6.24. The Bertz CT molecular complexity index is 1080. The summed E-state index contributed by atoms with van der Waals surface area (Å²) in [6.45, 7) is 3.24. The number of aromatic nitrogens is 1. The number of pyridine rings is 1. The first-order chi connectivity index (χ1) is 15.0. The van der Waals surface area contributed by atoms with E-state index >= 15 is 0 Å². The van der Waals surface area contributed by atoms with Gasteiger partial charge in [0.1, 0.15) is 17.2 Å². The molecule has 3 heterocycles. The van der Waals surface area contributed by atoms with Crippen LogP contribution in [0.1, 0.15) is 25.6 Å². The van der Waals surface area contributed by atoms with Crippen LogP contribution in [0.3, 0.4) is 0 Å². The Labute approximate surface area is 182 Å². The maximum Gasteiger partial charge on any atom is 0.339 e. The minimum Gasteiger partial charge on any atom is -0.478 e. The van der Waals surface area contributed by atoms with Gasteiger partial charge in [0.25, 0.3) is 5.91 Å². The van der Waals surface area contributed by atoms with Crippen molar-refractivity contribution < 1.29 is 19.1 Å². The van der Waals surface area contributed by atoms with E-state index in [9.17, 15) is 19.1 Å². The summed E-state index contributed by atoms with van der Waals surface area (Å²) in [5.74, 6) is -1.27. The van der Waals surface area contributed by atoms with E-state index in [0.717, 1.165) is 5.56 Å². The molecule has 1 amide bonds. The highest BCUT2D eigenvalue weighted by Gasteiger charge is 2.23. The molecule has 9 heteroatoms. The van der Waals surface area contributed by atoms with E-state index in [2.05, 4.69) is 15.2 Å². The fourth-order valence-electron chi connectivity index (χ4n) is 3.55. The normalized spacial score (nSPS) is 14.4. The Balaban J connectivity index is 1.43. The van der Waals surface area contributed by atoms with E-state index in [1.54, 1.807) is 23.6 Å². The van der Waals surface area contributed by atoms with Gasteiger partial charge in [-0.2, -0.15) is 0 Å². The number of halogens is 1. The standard InChI is InChI=1S/C22H21FN4O3S/c23-16-4-1-3-15(11-16)14-26-6-8-27(9-7-26)20-18(22(29)30)12-17(13-24-20)25-21(28)19-5-2-10-31-19/h1-5,10-13H,6-9,14H2,(H,25,28)(H,29,30). The van der Waals surface area contributed by atoms with Gasteiger partial charge in [-0.15, -0.1) is 11.3 Å². The van der Waals surface area contributed by atoms with Crippen LogP contribution in [0.25, 0.3) is 0 Å². The van der Waals surface area contributed by atoms with Crippen LogP contribution < -0.4 is 10.2 Å². The molecule has 1 fully saturated rings. The van der Waals surface area contributed by atoms with Crippen LogP contribution in [0.4, 0.5) is 15.9 Å². The second kappa shape index (κ2) is 9.23. The van der Waals surface area contributed by atoms with Crippen molar-refractivity contribution in [2.75, 3.05) is 36.4 Å². The van der Waals surface area contributed by atoms with Gasteiger partial charge in [0, 0.05) is 32.7 Å². The van der Waals surface area contributed by atoms with Crippen molar-refractivity contribution in [3.63, 3.8) is 0 Å². The summed E-state index contributed by atoms with van der Waals surface area (Å²) >= 11 is 1.31. The topological polar surface area (TPSA) is 85.8 Å². The third kappa shape index (κ3) is 5.07. The van der Waals surface area contributed by atoms with E-state index in [1.807, 2.05) is 11.0 Å². The number of aromatic carboxylic acids is 1. The summed E-state index contributed by atoms with van der Waals surface area (Å²) in [4.78, 5) is 33.1. The van der Waals surface area contributed by atoms with Gasteiger partial charge in [-0.3, -0.25) is 9.69 Å². The number of carbonyl (C=O) groups is 2. The first-order valence-corrected chi connectivity index (χ1v) is 10.7. The average molecular weight is 441 g/mol. The molecule has 1 aliphatic heterocycles. The smallest absolute Gasteiger partial charge is 0.339 e. The second-order valence-electron chi connectivity index (χ2n) is 7.22. The number of amides is 1. The number of piperazine rings is 1. The summed E-state index contributed by atoms with van der Waals surface area (Å²) in [6, 6.07) is 11.5. The van der Waals surface area contributed by atoms with Crippen LogP contribution in [0, 0.1) is 5.82 Å². The van der Waals surface area contributed by atoms with Crippen molar-refractivity contribution >= 4 is 34.7 Å². The molecule has 0 bridgehead atoms. The van der Waals surface area contributed by atoms with E-state index in [1.165, 1.54) is 35.7 Å². The number of thiophene rings is 1. The van der Waals surface area contributed by atoms with Crippen molar-refractivity contribution in [3.05, 3.63) is 75.9 Å².